The van der Waals surface area contributed by atoms with Gasteiger partial charge in [-0.25, -0.2) is 4.98 Å². The lowest BCUT2D eigenvalue weighted by Crippen LogP contribution is -2.59. The largest absolute Gasteiger partial charge is 0.368 e. The van der Waals surface area contributed by atoms with Crippen molar-refractivity contribution >= 4 is 45.8 Å². The highest BCUT2D eigenvalue weighted by atomic mass is 35.5. The molecule has 2 aromatic carbocycles. The molecule has 1 amide bonds. The predicted molar refractivity (Wildman–Crippen MR) is 144 cm³/mol. The Hall–Kier alpha value is -2.28. The summed E-state index contributed by atoms with van der Waals surface area (Å²) >= 11 is 12.6. The molecule has 0 saturated carbocycles. The average Bonchev–Trinajstić information content (AvgIpc) is 3.31. The molecular weight excluding hydrogens is 481 g/mol. The molecule has 1 unspecified atom stereocenters. The summed E-state index contributed by atoms with van der Waals surface area (Å²) in [4.78, 5) is 22.4. The molecule has 0 aliphatic carbocycles. The number of fused-ring (bicyclic) bond motifs is 1. The Kier molecular flexibility index (Phi) is 7.24. The molecule has 0 spiro atoms. The van der Waals surface area contributed by atoms with Crippen LogP contribution in [0.1, 0.15) is 51.1 Å². The fourth-order valence-electron chi connectivity index (χ4n) is 5.50. The Morgan fingerprint density at radius 3 is 2.77 bits per heavy atom. The Bertz CT molecular complexity index is 1210. The number of nitrogens with one attached hydrogen (secondary N) is 1. The third kappa shape index (κ3) is 4.89. The van der Waals surface area contributed by atoms with E-state index in [-0.39, 0.29) is 24.0 Å². The second-order valence-electron chi connectivity index (χ2n) is 9.71. The van der Waals surface area contributed by atoms with Gasteiger partial charge < -0.3 is 19.7 Å². The van der Waals surface area contributed by atoms with Crippen LogP contribution in [0.15, 0.2) is 42.7 Å². The maximum atomic E-state index is 13.2. The maximum Gasteiger partial charge on any atom is 0.240 e. The first-order valence-corrected chi connectivity index (χ1v) is 13.4. The van der Waals surface area contributed by atoms with Crippen molar-refractivity contribution in [2.75, 3.05) is 31.1 Å². The molecule has 5 rings (SSSR count). The lowest BCUT2D eigenvalue weighted by molar-refractivity contribution is -0.136. The molecule has 0 bridgehead atoms. The Balaban J connectivity index is 1.37. The zero-order valence-corrected chi connectivity index (χ0v) is 21.9. The lowest BCUT2D eigenvalue weighted by Gasteiger charge is -2.44. The molecule has 3 atom stereocenters. The van der Waals surface area contributed by atoms with Gasteiger partial charge in [-0.3, -0.25) is 4.79 Å². The minimum absolute atomic E-state index is 0.0147. The topological polar surface area (TPSA) is 53.4 Å². The Labute approximate surface area is 217 Å². The Morgan fingerprint density at radius 2 is 2.03 bits per heavy atom. The first-order chi connectivity index (χ1) is 17.0. The van der Waals surface area contributed by atoms with Crippen molar-refractivity contribution < 1.29 is 4.79 Å². The second kappa shape index (κ2) is 10.4. The quantitative estimate of drug-likeness (QED) is 0.487. The standard InChI is InChI=1S/C27H33Cl2N5O/c1-3-20-16-32(12-13-33(20)27(35)25-6-4-5-11-30-25)21-8-10-24-26(15-21)34(17-31-24)18(2)22-9-7-19(28)14-23(22)29/h7-10,14-15,17-18,20,25,30H,3-6,11-13,16H2,1-2H3/t18?,20-,25-/m1/s1. The summed E-state index contributed by atoms with van der Waals surface area (Å²) in [7, 11) is 0. The molecule has 6 nitrogen and oxygen atoms in total. The summed E-state index contributed by atoms with van der Waals surface area (Å²) in [6.45, 7) is 7.67. The fraction of sp³-hybridized carbons (Fsp3) is 0.481. The first-order valence-electron chi connectivity index (χ1n) is 12.7. The van der Waals surface area contributed by atoms with Crippen molar-refractivity contribution in [3.8, 4) is 0 Å². The first kappa shape index (κ1) is 24.4. The lowest BCUT2D eigenvalue weighted by atomic mass is 10.0. The second-order valence-corrected chi connectivity index (χ2v) is 10.6. The van der Waals surface area contributed by atoms with Gasteiger partial charge in [0.15, 0.2) is 0 Å². The van der Waals surface area contributed by atoms with Gasteiger partial charge in [-0.15, -0.1) is 0 Å². The van der Waals surface area contributed by atoms with E-state index >= 15 is 0 Å². The molecule has 8 heteroatoms. The van der Waals surface area contributed by atoms with Crippen LogP contribution in [0, 0.1) is 0 Å². The van der Waals surface area contributed by atoms with Crippen molar-refractivity contribution in [1.82, 2.24) is 19.8 Å². The summed E-state index contributed by atoms with van der Waals surface area (Å²) in [5.74, 6) is 0.276. The van der Waals surface area contributed by atoms with Crippen molar-refractivity contribution in [2.45, 2.75) is 57.7 Å². The summed E-state index contributed by atoms with van der Waals surface area (Å²) in [5.41, 5.74) is 4.19. The number of rotatable bonds is 5. The number of aromatic nitrogens is 2. The molecule has 2 aliphatic rings. The van der Waals surface area contributed by atoms with Crippen LogP contribution in [-0.2, 0) is 4.79 Å². The number of amides is 1. The summed E-state index contributed by atoms with van der Waals surface area (Å²) < 4.78 is 2.17. The van der Waals surface area contributed by atoms with Crippen molar-refractivity contribution in [3.63, 3.8) is 0 Å². The van der Waals surface area contributed by atoms with Crippen molar-refractivity contribution in [2.24, 2.45) is 0 Å². The van der Waals surface area contributed by atoms with Crippen LogP contribution in [0.2, 0.25) is 10.0 Å². The number of carbonyl (C=O) groups is 1. The molecule has 0 radical (unpaired) electrons. The Morgan fingerprint density at radius 1 is 1.17 bits per heavy atom. The molecule has 3 aromatic rings. The molecule has 1 N–H and O–H groups in total. The molecule has 2 fully saturated rings. The zero-order chi connectivity index (χ0) is 24.5. The number of nitrogens with zero attached hydrogens (tertiary/aromatic N) is 4. The van der Waals surface area contributed by atoms with E-state index in [0.29, 0.717) is 10.0 Å². The van der Waals surface area contributed by atoms with E-state index in [1.165, 1.54) is 0 Å². The minimum Gasteiger partial charge on any atom is -0.368 e. The SMILES string of the molecule is CC[C@@H]1CN(c2ccc3ncn(C(C)c4ccc(Cl)cc4Cl)c3c2)CCN1C(=O)[C@H]1CCCCN1. The average molecular weight is 515 g/mol. The minimum atomic E-state index is -0.0174. The highest BCUT2D eigenvalue weighted by Gasteiger charge is 2.34. The van der Waals surface area contributed by atoms with E-state index in [1.807, 2.05) is 18.5 Å². The maximum absolute atomic E-state index is 13.2. The third-order valence-corrected chi connectivity index (χ3v) is 8.16. The number of piperazine rings is 1. The van der Waals surface area contributed by atoms with Gasteiger partial charge in [-0.1, -0.05) is 42.6 Å². The molecule has 2 saturated heterocycles. The van der Waals surface area contributed by atoms with Crippen LogP contribution < -0.4 is 10.2 Å². The molecule has 186 valence electrons. The molecule has 3 heterocycles. The number of anilines is 1. The number of hydrogen-bond donors (Lipinski definition) is 1. The van der Waals surface area contributed by atoms with Crippen LogP contribution in [0.5, 0.6) is 0 Å². The van der Waals surface area contributed by atoms with E-state index in [0.717, 1.165) is 74.1 Å². The predicted octanol–water partition coefficient (Wildman–Crippen LogP) is 5.52. The molecular formula is C27H33Cl2N5O. The summed E-state index contributed by atoms with van der Waals surface area (Å²) in [6, 6.07) is 12.3. The smallest absolute Gasteiger partial charge is 0.240 e. The van der Waals surface area contributed by atoms with Gasteiger partial charge in [-0.2, -0.15) is 0 Å². The van der Waals surface area contributed by atoms with Gasteiger partial charge >= 0.3 is 0 Å². The normalized spacial score (nSPS) is 21.9. The van der Waals surface area contributed by atoms with Crippen LogP contribution in [0.25, 0.3) is 11.0 Å². The van der Waals surface area contributed by atoms with Crippen molar-refractivity contribution in [3.05, 3.63) is 58.3 Å². The van der Waals surface area contributed by atoms with Gasteiger partial charge in [0, 0.05) is 41.4 Å². The zero-order valence-electron chi connectivity index (χ0n) is 20.4. The summed E-state index contributed by atoms with van der Waals surface area (Å²) in [5, 5.41) is 4.71. The fourth-order valence-corrected chi connectivity index (χ4v) is 6.07. The van der Waals surface area contributed by atoms with E-state index in [9.17, 15) is 4.79 Å². The van der Waals surface area contributed by atoms with Crippen LogP contribution in [0.4, 0.5) is 5.69 Å². The van der Waals surface area contributed by atoms with Gasteiger partial charge in [-0.05, 0) is 68.6 Å². The highest BCUT2D eigenvalue weighted by molar-refractivity contribution is 6.35. The van der Waals surface area contributed by atoms with Crippen LogP contribution in [0.3, 0.4) is 0 Å². The van der Waals surface area contributed by atoms with Gasteiger partial charge in [0.25, 0.3) is 0 Å². The number of imidazole rings is 1. The molecule has 35 heavy (non-hydrogen) atoms. The number of halogens is 2. The number of carbonyl (C=O) groups excluding carboxylic acids is 1. The number of hydrogen-bond acceptors (Lipinski definition) is 4. The van der Waals surface area contributed by atoms with E-state index in [1.54, 1.807) is 6.07 Å². The summed E-state index contributed by atoms with van der Waals surface area (Å²) in [6.07, 6.45) is 6.07. The van der Waals surface area contributed by atoms with Gasteiger partial charge in [0.05, 0.1) is 29.4 Å². The van der Waals surface area contributed by atoms with E-state index in [2.05, 4.69) is 56.7 Å². The van der Waals surface area contributed by atoms with Crippen molar-refractivity contribution in [1.29, 1.82) is 0 Å². The number of benzene rings is 2. The highest BCUT2D eigenvalue weighted by Crippen LogP contribution is 2.32. The monoisotopic (exact) mass is 513 g/mol. The van der Waals surface area contributed by atoms with Crippen LogP contribution in [-0.4, -0.2) is 58.6 Å². The van der Waals surface area contributed by atoms with Gasteiger partial charge in [0.1, 0.15) is 0 Å². The van der Waals surface area contributed by atoms with E-state index in [4.69, 9.17) is 23.2 Å². The molecule has 2 aliphatic heterocycles. The van der Waals surface area contributed by atoms with Crippen LogP contribution >= 0.6 is 23.2 Å². The van der Waals surface area contributed by atoms with Gasteiger partial charge in [0.2, 0.25) is 5.91 Å². The molecule has 1 aromatic heterocycles. The number of piperidine rings is 1. The third-order valence-electron chi connectivity index (χ3n) is 7.60. The van der Waals surface area contributed by atoms with E-state index < -0.39 is 0 Å².